The van der Waals surface area contributed by atoms with Crippen LogP contribution in [0, 0.1) is 0 Å². The van der Waals surface area contributed by atoms with Gasteiger partial charge in [0.2, 0.25) is 0 Å². The number of nitrogens with one attached hydrogen (secondary N) is 1. The maximum absolute atomic E-state index is 11.2. The van der Waals surface area contributed by atoms with Gasteiger partial charge in [0.15, 0.2) is 4.96 Å². The van der Waals surface area contributed by atoms with E-state index in [0.717, 1.165) is 28.8 Å². The normalized spacial score (nSPS) is 11.1. The molecule has 0 spiro atoms. The Balaban J connectivity index is 1.99. The second kappa shape index (κ2) is 8.38. The monoisotopic (exact) mass is 329 g/mol. The molecular formula is C13H19N3O3S2. The van der Waals surface area contributed by atoms with E-state index in [1.54, 1.807) is 30.2 Å². The summed E-state index contributed by atoms with van der Waals surface area (Å²) in [6.45, 7) is 2.19. The smallest absolute Gasteiger partial charge is 0.306 e. The molecule has 0 aliphatic carbocycles. The van der Waals surface area contributed by atoms with E-state index in [-0.39, 0.29) is 5.97 Å². The first-order chi connectivity index (χ1) is 10.3. The predicted octanol–water partition coefficient (Wildman–Crippen LogP) is 1.79. The summed E-state index contributed by atoms with van der Waals surface area (Å²) >= 11 is 3.19. The van der Waals surface area contributed by atoms with Gasteiger partial charge < -0.3 is 14.8 Å². The Hall–Kier alpha value is -1.09. The van der Waals surface area contributed by atoms with Gasteiger partial charge in [-0.2, -0.15) is 0 Å². The lowest BCUT2D eigenvalue weighted by Crippen LogP contribution is -2.19. The summed E-state index contributed by atoms with van der Waals surface area (Å²) in [4.78, 5) is 16.8. The molecule has 2 aromatic heterocycles. The molecule has 0 aliphatic heterocycles. The number of thiazole rings is 1. The molecule has 0 unspecified atom stereocenters. The molecule has 0 saturated heterocycles. The van der Waals surface area contributed by atoms with Gasteiger partial charge >= 0.3 is 5.97 Å². The van der Waals surface area contributed by atoms with E-state index in [9.17, 15) is 4.79 Å². The van der Waals surface area contributed by atoms with Gasteiger partial charge in [-0.15, -0.1) is 23.1 Å². The number of ether oxygens (including phenoxy) is 2. The van der Waals surface area contributed by atoms with E-state index in [4.69, 9.17) is 4.74 Å². The fraction of sp³-hybridized carbons (Fsp3) is 0.538. The van der Waals surface area contributed by atoms with E-state index in [0.29, 0.717) is 18.8 Å². The first kappa shape index (κ1) is 16.3. The van der Waals surface area contributed by atoms with Crippen molar-refractivity contribution in [3.05, 3.63) is 17.3 Å². The second-order valence-electron chi connectivity index (χ2n) is 4.26. The summed E-state index contributed by atoms with van der Waals surface area (Å²) < 4.78 is 11.8. The number of fused-ring (bicyclic) bond motifs is 1. The van der Waals surface area contributed by atoms with Crippen LogP contribution >= 0.6 is 23.1 Å². The first-order valence-electron chi connectivity index (χ1n) is 6.60. The molecular weight excluding hydrogens is 310 g/mol. The Kier molecular flexibility index (Phi) is 6.50. The Morgan fingerprint density at radius 3 is 3.14 bits per heavy atom. The van der Waals surface area contributed by atoms with Gasteiger partial charge in [0.1, 0.15) is 5.03 Å². The molecule has 0 aromatic carbocycles. The van der Waals surface area contributed by atoms with Crippen molar-refractivity contribution in [2.24, 2.45) is 0 Å². The molecule has 1 N–H and O–H groups in total. The van der Waals surface area contributed by atoms with Crippen LogP contribution < -0.4 is 5.32 Å². The van der Waals surface area contributed by atoms with Gasteiger partial charge in [-0.25, -0.2) is 4.98 Å². The number of carbonyl (C=O) groups excluding carboxylic acids is 1. The standard InChI is InChI=1S/C13H19N3O3S2/c1-18-6-4-14-9-10-12(20-7-3-11(17)19-2)15-13-16(10)5-8-21-13/h5,8,14H,3-4,6-7,9H2,1-2H3. The number of carbonyl (C=O) groups is 1. The number of methoxy groups -OCH3 is 2. The molecule has 0 aliphatic rings. The Morgan fingerprint density at radius 2 is 2.38 bits per heavy atom. The lowest BCUT2D eigenvalue weighted by atomic mass is 10.4. The molecule has 0 radical (unpaired) electrons. The van der Waals surface area contributed by atoms with Crippen molar-refractivity contribution in [2.75, 3.05) is 33.1 Å². The average Bonchev–Trinajstić information content (AvgIpc) is 3.05. The molecule has 0 atom stereocenters. The molecule has 6 nitrogen and oxygen atoms in total. The minimum absolute atomic E-state index is 0.191. The quantitative estimate of drug-likeness (QED) is 0.430. The summed E-state index contributed by atoms with van der Waals surface area (Å²) in [5, 5.41) is 6.32. The lowest BCUT2D eigenvalue weighted by Gasteiger charge is -2.06. The van der Waals surface area contributed by atoms with Crippen LogP contribution in [0.4, 0.5) is 0 Å². The lowest BCUT2D eigenvalue weighted by molar-refractivity contribution is -0.140. The fourth-order valence-corrected chi connectivity index (χ4v) is 3.54. The molecule has 8 heteroatoms. The summed E-state index contributed by atoms with van der Waals surface area (Å²) in [7, 11) is 3.09. The number of aromatic nitrogens is 2. The number of nitrogens with zero attached hydrogens (tertiary/aromatic N) is 2. The minimum Gasteiger partial charge on any atom is -0.469 e. The van der Waals surface area contributed by atoms with Crippen LogP contribution in [0.25, 0.3) is 4.96 Å². The summed E-state index contributed by atoms with van der Waals surface area (Å²) in [5.74, 6) is 0.478. The topological polar surface area (TPSA) is 64.9 Å². The zero-order valence-electron chi connectivity index (χ0n) is 12.1. The molecule has 0 saturated carbocycles. The third-order valence-corrected chi connectivity index (χ3v) is 4.64. The number of hydrogen-bond acceptors (Lipinski definition) is 7. The zero-order chi connectivity index (χ0) is 15.1. The number of hydrogen-bond donors (Lipinski definition) is 1. The maximum Gasteiger partial charge on any atom is 0.306 e. The van der Waals surface area contributed by atoms with Crippen LogP contribution in [-0.4, -0.2) is 48.5 Å². The van der Waals surface area contributed by atoms with Crippen molar-refractivity contribution in [3.8, 4) is 0 Å². The summed E-state index contributed by atoms with van der Waals surface area (Å²) in [5.41, 5.74) is 1.12. The minimum atomic E-state index is -0.191. The Bertz CT molecular complexity index is 582. The van der Waals surface area contributed by atoms with Gasteiger partial charge in [0.05, 0.1) is 25.8 Å². The van der Waals surface area contributed by atoms with Crippen LogP contribution in [0.1, 0.15) is 12.1 Å². The van der Waals surface area contributed by atoms with Crippen LogP contribution in [0.2, 0.25) is 0 Å². The summed E-state index contributed by atoms with van der Waals surface area (Å²) in [6, 6.07) is 0. The molecule has 21 heavy (non-hydrogen) atoms. The predicted molar refractivity (Wildman–Crippen MR) is 84.0 cm³/mol. The number of esters is 1. The van der Waals surface area contributed by atoms with E-state index < -0.39 is 0 Å². The highest BCUT2D eigenvalue weighted by Crippen LogP contribution is 2.26. The van der Waals surface area contributed by atoms with E-state index in [2.05, 4.69) is 19.4 Å². The van der Waals surface area contributed by atoms with E-state index >= 15 is 0 Å². The van der Waals surface area contributed by atoms with Gasteiger partial charge in [-0.1, -0.05) is 0 Å². The highest BCUT2D eigenvalue weighted by atomic mass is 32.2. The number of rotatable bonds is 9. The Morgan fingerprint density at radius 1 is 1.52 bits per heavy atom. The Labute approximate surface area is 131 Å². The van der Waals surface area contributed by atoms with Crippen molar-refractivity contribution in [2.45, 2.75) is 18.0 Å². The SMILES string of the molecule is COCCNCc1c(SCCC(=O)OC)nc2sccn12. The van der Waals surface area contributed by atoms with Crippen LogP contribution in [0.3, 0.4) is 0 Å². The second-order valence-corrected chi connectivity index (χ2v) is 6.22. The van der Waals surface area contributed by atoms with Gasteiger partial charge in [0.25, 0.3) is 0 Å². The van der Waals surface area contributed by atoms with Gasteiger partial charge in [-0.3, -0.25) is 9.20 Å². The van der Waals surface area contributed by atoms with Crippen LogP contribution in [0.5, 0.6) is 0 Å². The van der Waals surface area contributed by atoms with Crippen molar-refractivity contribution in [1.82, 2.24) is 14.7 Å². The highest BCUT2D eigenvalue weighted by Gasteiger charge is 2.13. The molecule has 116 valence electrons. The van der Waals surface area contributed by atoms with Gasteiger partial charge in [-0.05, 0) is 0 Å². The first-order valence-corrected chi connectivity index (χ1v) is 8.46. The molecule has 2 aromatic rings. The van der Waals surface area contributed by atoms with Crippen molar-refractivity contribution in [3.63, 3.8) is 0 Å². The maximum atomic E-state index is 11.2. The molecule has 2 rings (SSSR count). The molecule has 0 bridgehead atoms. The van der Waals surface area contributed by atoms with E-state index in [1.807, 2.05) is 11.6 Å². The largest absolute Gasteiger partial charge is 0.469 e. The highest BCUT2D eigenvalue weighted by molar-refractivity contribution is 7.99. The zero-order valence-corrected chi connectivity index (χ0v) is 13.8. The average molecular weight is 329 g/mol. The summed E-state index contributed by atoms with van der Waals surface area (Å²) in [6.07, 6.45) is 2.41. The third-order valence-electron chi connectivity index (χ3n) is 2.87. The molecule has 0 amide bonds. The number of thioether (sulfide) groups is 1. The molecule has 2 heterocycles. The molecule has 0 fully saturated rings. The van der Waals surface area contributed by atoms with Crippen molar-refractivity contribution in [1.29, 1.82) is 0 Å². The van der Waals surface area contributed by atoms with Crippen molar-refractivity contribution >= 4 is 34.0 Å². The van der Waals surface area contributed by atoms with E-state index in [1.165, 1.54) is 7.11 Å². The van der Waals surface area contributed by atoms with Crippen LogP contribution in [0.15, 0.2) is 16.6 Å². The van der Waals surface area contributed by atoms with Gasteiger partial charge in [0, 0.05) is 37.5 Å². The fourth-order valence-electron chi connectivity index (χ4n) is 1.80. The van der Waals surface area contributed by atoms with Crippen molar-refractivity contribution < 1.29 is 14.3 Å². The third kappa shape index (κ3) is 4.44. The number of imidazole rings is 1. The van der Waals surface area contributed by atoms with Crippen LogP contribution in [-0.2, 0) is 20.8 Å².